The molecule has 1 aliphatic carbocycles. The van der Waals surface area contributed by atoms with Gasteiger partial charge >= 0.3 is 0 Å². The molecular formula is C24H28N2O2. The van der Waals surface area contributed by atoms with Crippen LogP contribution in [0, 0.1) is 0 Å². The largest absolute Gasteiger partial charge is 0.464 e. The summed E-state index contributed by atoms with van der Waals surface area (Å²) in [4.78, 5) is 4.69. The van der Waals surface area contributed by atoms with E-state index in [2.05, 4.69) is 66.4 Å². The summed E-state index contributed by atoms with van der Waals surface area (Å²) >= 11 is 0. The summed E-state index contributed by atoms with van der Waals surface area (Å²) in [5.74, 6) is 0. The molecule has 1 spiro atoms. The monoisotopic (exact) mass is 376 g/mol. The Kier molecular flexibility index (Phi) is 4.31. The number of aliphatic hydroxyl groups is 1. The summed E-state index contributed by atoms with van der Waals surface area (Å²) in [5, 5.41) is 12.5. The molecule has 1 fully saturated rings. The van der Waals surface area contributed by atoms with Crippen molar-refractivity contribution in [2.45, 2.75) is 36.9 Å². The summed E-state index contributed by atoms with van der Waals surface area (Å²) in [7, 11) is 4.15. The lowest BCUT2D eigenvalue weighted by molar-refractivity contribution is -0.00392. The van der Waals surface area contributed by atoms with Crippen LogP contribution < -0.4 is 0 Å². The molecule has 1 aromatic heterocycles. The Hall–Kier alpha value is -2.14. The van der Waals surface area contributed by atoms with Gasteiger partial charge in [-0.3, -0.25) is 4.90 Å². The van der Waals surface area contributed by atoms with Crippen molar-refractivity contribution in [1.82, 2.24) is 9.80 Å². The molecule has 1 aliphatic heterocycles. The summed E-state index contributed by atoms with van der Waals surface area (Å²) in [6.45, 7) is 2.97. The van der Waals surface area contributed by atoms with E-state index in [0.29, 0.717) is 0 Å². The van der Waals surface area contributed by atoms with Crippen LogP contribution in [0.25, 0.3) is 11.0 Å². The van der Waals surface area contributed by atoms with E-state index >= 15 is 0 Å². The number of furan rings is 1. The Labute approximate surface area is 166 Å². The molecular weight excluding hydrogens is 348 g/mol. The van der Waals surface area contributed by atoms with Crippen LogP contribution in [0.3, 0.4) is 0 Å². The highest BCUT2D eigenvalue weighted by Crippen LogP contribution is 2.52. The van der Waals surface area contributed by atoms with Gasteiger partial charge in [-0.1, -0.05) is 30.3 Å². The number of hydrogen-bond acceptors (Lipinski definition) is 4. The van der Waals surface area contributed by atoms with E-state index in [1.165, 1.54) is 22.1 Å². The standard InChI is InChI=1S/C24H28N2O2/c1-25(2)22-19-5-3-4-6-20(19)24(23(22)27)10-12-26(13-11-24)16-17-7-8-21-18(15-17)9-14-28-21/h3-9,14-15,22-23,27H,10-13,16H2,1-2H3/t22-,23+/m0/s1. The third kappa shape index (κ3) is 2.71. The molecule has 0 amide bonds. The van der Waals surface area contributed by atoms with E-state index in [0.717, 1.165) is 38.1 Å². The van der Waals surface area contributed by atoms with Crippen LogP contribution in [0.5, 0.6) is 0 Å². The number of nitrogens with zero attached hydrogens (tertiary/aromatic N) is 2. The third-order valence-corrected chi connectivity index (χ3v) is 6.91. The summed E-state index contributed by atoms with van der Waals surface area (Å²) in [5.41, 5.74) is 4.82. The fraction of sp³-hybridized carbons (Fsp3) is 0.417. The van der Waals surface area contributed by atoms with Crippen molar-refractivity contribution in [3.8, 4) is 0 Å². The van der Waals surface area contributed by atoms with Gasteiger partial charge in [-0.05, 0) is 74.9 Å². The van der Waals surface area contributed by atoms with Crippen LogP contribution in [0.2, 0.25) is 0 Å². The smallest absolute Gasteiger partial charge is 0.133 e. The van der Waals surface area contributed by atoms with Crippen LogP contribution in [0.1, 0.15) is 35.6 Å². The Morgan fingerprint density at radius 3 is 2.68 bits per heavy atom. The molecule has 4 heteroatoms. The molecule has 1 N–H and O–H groups in total. The molecule has 2 aliphatic rings. The maximum Gasteiger partial charge on any atom is 0.133 e. The average molecular weight is 377 g/mol. The van der Waals surface area contributed by atoms with Crippen molar-refractivity contribution in [2.24, 2.45) is 0 Å². The zero-order valence-corrected chi connectivity index (χ0v) is 16.6. The van der Waals surface area contributed by atoms with Crippen LogP contribution in [-0.4, -0.2) is 48.2 Å². The highest BCUT2D eigenvalue weighted by atomic mass is 16.3. The first-order valence-electron chi connectivity index (χ1n) is 10.2. The lowest BCUT2D eigenvalue weighted by Gasteiger charge is -2.43. The molecule has 3 aromatic rings. The Morgan fingerprint density at radius 1 is 1.11 bits per heavy atom. The first-order chi connectivity index (χ1) is 13.6. The lowest BCUT2D eigenvalue weighted by Crippen LogP contribution is -2.49. The average Bonchev–Trinajstić information content (AvgIpc) is 3.25. The number of piperidine rings is 1. The fourth-order valence-electron chi connectivity index (χ4n) is 5.45. The molecule has 0 saturated carbocycles. The van der Waals surface area contributed by atoms with Gasteiger partial charge in [-0.15, -0.1) is 0 Å². The van der Waals surface area contributed by atoms with E-state index < -0.39 is 0 Å². The number of aliphatic hydroxyl groups excluding tert-OH is 1. The molecule has 1 saturated heterocycles. The molecule has 146 valence electrons. The minimum Gasteiger partial charge on any atom is -0.464 e. The number of fused-ring (bicyclic) bond motifs is 3. The van der Waals surface area contributed by atoms with Crippen LogP contribution >= 0.6 is 0 Å². The lowest BCUT2D eigenvalue weighted by atomic mass is 9.72. The first-order valence-corrected chi connectivity index (χ1v) is 10.2. The highest BCUT2D eigenvalue weighted by molar-refractivity contribution is 5.77. The van der Waals surface area contributed by atoms with E-state index in [1.54, 1.807) is 6.26 Å². The maximum absolute atomic E-state index is 11.4. The first kappa shape index (κ1) is 17.9. The predicted molar refractivity (Wildman–Crippen MR) is 111 cm³/mol. The van der Waals surface area contributed by atoms with Gasteiger partial charge in [0, 0.05) is 17.3 Å². The van der Waals surface area contributed by atoms with Crippen LogP contribution in [0.4, 0.5) is 0 Å². The van der Waals surface area contributed by atoms with Gasteiger partial charge in [0.15, 0.2) is 0 Å². The minimum absolute atomic E-state index is 0.0891. The number of benzene rings is 2. The quantitative estimate of drug-likeness (QED) is 0.752. The number of hydrogen-bond donors (Lipinski definition) is 1. The second-order valence-electron chi connectivity index (χ2n) is 8.67. The van der Waals surface area contributed by atoms with Gasteiger partial charge in [0.25, 0.3) is 0 Å². The van der Waals surface area contributed by atoms with Crippen molar-refractivity contribution < 1.29 is 9.52 Å². The molecule has 0 radical (unpaired) electrons. The van der Waals surface area contributed by atoms with E-state index in [1.807, 2.05) is 6.07 Å². The van der Waals surface area contributed by atoms with Gasteiger partial charge in [-0.25, -0.2) is 0 Å². The molecule has 2 atom stereocenters. The van der Waals surface area contributed by atoms with Gasteiger partial charge < -0.3 is 14.4 Å². The van der Waals surface area contributed by atoms with E-state index in [9.17, 15) is 5.11 Å². The minimum atomic E-state index is -0.343. The second kappa shape index (κ2) is 6.73. The number of likely N-dealkylation sites (N-methyl/N-ethyl adjacent to an activating group) is 1. The predicted octanol–water partition coefficient (Wildman–Crippen LogP) is 3.94. The van der Waals surface area contributed by atoms with Crippen LogP contribution in [0.15, 0.2) is 59.2 Å². The molecule has 0 bridgehead atoms. The number of rotatable bonds is 3. The van der Waals surface area contributed by atoms with Crippen molar-refractivity contribution in [2.75, 3.05) is 27.2 Å². The Bertz CT molecular complexity index is 985. The normalized spacial score (nSPS) is 24.3. The highest BCUT2D eigenvalue weighted by Gasteiger charge is 2.52. The fourth-order valence-corrected chi connectivity index (χ4v) is 5.45. The summed E-state index contributed by atoms with van der Waals surface area (Å²) in [6, 6.07) is 17.2. The van der Waals surface area contributed by atoms with Crippen molar-refractivity contribution in [3.05, 3.63) is 71.5 Å². The van der Waals surface area contributed by atoms with E-state index in [-0.39, 0.29) is 17.6 Å². The number of likely N-dealkylation sites (tertiary alicyclic amines) is 1. The van der Waals surface area contributed by atoms with Gasteiger partial charge in [0.05, 0.1) is 18.4 Å². The zero-order valence-electron chi connectivity index (χ0n) is 16.6. The maximum atomic E-state index is 11.4. The van der Waals surface area contributed by atoms with Crippen LogP contribution in [-0.2, 0) is 12.0 Å². The summed E-state index contributed by atoms with van der Waals surface area (Å²) < 4.78 is 5.46. The van der Waals surface area contributed by atoms with Crippen molar-refractivity contribution >= 4 is 11.0 Å². The second-order valence-corrected chi connectivity index (χ2v) is 8.67. The summed E-state index contributed by atoms with van der Waals surface area (Å²) in [6.07, 6.45) is 3.41. The molecule has 4 nitrogen and oxygen atoms in total. The third-order valence-electron chi connectivity index (χ3n) is 6.91. The topological polar surface area (TPSA) is 39.9 Å². The van der Waals surface area contributed by atoms with Crippen molar-refractivity contribution in [1.29, 1.82) is 0 Å². The SMILES string of the molecule is CN(C)[C@H]1c2ccccc2C2(CCN(Cc3ccc4occc4c3)CC2)[C@@H]1O. The molecule has 28 heavy (non-hydrogen) atoms. The zero-order chi connectivity index (χ0) is 19.3. The van der Waals surface area contributed by atoms with Crippen molar-refractivity contribution in [3.63, 3.8) is 0 Å². The molecule has 2 heterocycles. The Morgan fingerprint density at radius 2 is 1.89 bits per heavy atom. The Balaban J connectivity index is 1.36. The molecule has 0 unspecified atom stereocenters. The van der Waals surface area contributed by atoms with Gasteiger partial charge in [-0.2, -0.15) is 0 Å². The molecule has 2 aromatic carbocycles. The molecule has 5 rings (SSSR count). The van der Waals surface area contributed by atoms with E-state index in [4.69, 9.17) is 4.42 Å². The van der Waals surface area contributed by atoms with Gasteiger partial charge in [0.1, 0.15) is 5.58 Å². The van der Waals surface area contributed by atoms with Gasteiger partial charge in [0.2, 0.25) is 0 Å².